The van der Waals surface area contributed by atoms with E-state index in [-0.39, 0.29) is 24.8 Å². The van der Waals surface area contributed by atoms with E-state index in [4.69, 9.17) is 5.11 Å². The molecule has 3 heteroatoms. The maximum absolute atomic E-state index is 10.5. The van der Waals surface area contributed by atoms with Gasteiger partial charge >= 0.3 is 24.8 Å². The zero-order valence-corrected chi connectivity index (χ0v) is 10.2. The van der Waals surface area contributed by atoms with Gasteiger partial charge in [0.05, 0.1) is 5.92 Å². The molecule has 0 saturated heterocycles. The van der Waals surface area contributed by atoms with Crippen molar-refractivity contribution in [3.8, 4) is 0 Å². The van der Waals surface area contributed by atoms with E-state index in [1.165, 1.54) is 0 Å². The van der Waals surface area contributed by atoms with Crippen molar-refractivity contribution in [3.63, 3.8) is 0 Å². The van der Waals surface area contributed by atoms with Crippen LogP contribution < -0.4 is 18.9 Å². The minimum atomic E-state index is -0.635. The van der Waals surface area contributed by atoms with E-state index in [0.29, 0.717) is 0 Å². The summed E-state index contributed by atoms with van der Waals surface area (Å²) < 4.78 is 0. The summed E-state index contributed by atoms with van der Waals surface area (Å²) in [4.78, 5) is 10.5. The van der Waals surface area contributed by atoms with Crippen LogP contribution in [0, 0.1) is 12.8 Å². The van der Waals surface area contributed by atoms with Gasteiger partial charge in [0, 0.05) is 0 Å². The molecule has 1 N–H and O–H groups in total. The van der Waals surface area contributed by atoms with E-state index in [0.717, 1.165) is 32.1 Å². The summed E-state index contributed by atoms with van der Waals surface area (Å²) >= 11 is 0. The smallest absolute Gasteiger partial charge is 0.481 e. The topological polar surface area (TPSA) is 37.3 Å². The maximum Gasteiger partial charge on any atom is 1.00 e. The van der Waals surface area contributed by atoms with Gasteiger partial charge in [0.1, 0.15) is 0 Å². The predicted molar refractivity (Wildman–Crippen MR) is 56.6 cm³/mol. The van der Waals surface area contributed by atoms with Gasteiger partial charge in [-0.15, -0.1) is 0 Å². The van der Waals surface area contributed by atoms with Crippen molar-refractivity contribution in [2.45, 2.75) is 52.9 Å². The molecule has 80 valence electrons. The molecule has 0 saturated carbocycles. The standard InChI is InChI=1S/C8H16O2.C3H7.Li/c1-3-5-7(6-4-2)8(9)10;1-3-2;/h7H,3-6H2,1-2H3,(H,9,10);1,3H2,2H3;/q;-1;+1. The molecule has 0 bridgehead atoms. The van der Waals surface area contributed by atoms with Crippen LogP contribution in [0.25, 0.3) is 0 Å². The van der Waals surface area contributed by atoms with Crippen LogP contribution in [-0.2, 0) is 4.79 Å². The van der Waals surface area contributed by atoms with E-state index >= 15 is 0 Å². The van der Waals surface area contributed by atoms with Gasteiger partial charge in [-0.3, -0.25) is 4.79 Å². The van der Waals surface area contributed by atoms with Crippen molar-refractivity contribution in [1.29, 1.82) is 0 Å². The number of hydrogen-bond acceptors (Lipinski definition) is 1. The van der Waals surface area contributed by atoms with Gasteiger partial charge in [0.25, 0.3) is 0 Å². The summed E-state index contributed by atoms with van der Waals surface area (Å²) in [7, 11) is 0. The van der Waals surface area contributed by atoms with Crippen LogP contribution in [0.4, 0.5) is 0 Å². The molecule has 0 atom stereocenters. The van der Waals surface area contributed by atoms with Crippen molar-refractivity contribution < 1.29 is 28.8 Å². The third kappa shape index (κ3) is 14.6. The Morgan fingerprint density at radius 2 is 1.50 bits per heavy atom. The van der Waals surface area contributed by atoms with Crippen LogP contribution in [0.1, 0.15) is 52.9 Å². The quantitative estimate of drug-likeness (QED) is 0.512. The molecule has 2 nitrogen and oxygen atoms in total. The normalized spacial score (nSPS) is 8.64. The fraction of sp³-hybridized carbons (Fsp3) is 0.818. The zero-order valence-electron chi connectivity index (χ0n) is 10.2. The van der Waals surface area contributed by atoms with Gasteiger partial charge in [0.15, 0.2) is 0 Å². The largest absolute Gasteiger partial charge is 1.00 e. The minimum absolute atomic E-state index is 0. The molecular formula is C11H23LiO2. The van der Waals surface area contributed by atoms with Crippen LogP contribution >= 0.6 is 0 Å². The van der Waals surface area contributed by atoms with E-state index < -0.39 is 5.97 Å². The van der Waals surface area contributed by atoms with Crippen molar-refractivity contribution >= 4 is 5.97 Å². The second-order valence-corrected chi connectivity index (χ2v) is 3.11. The molecule has 0 aliphatic rings. The Labute approximate surface area is 101 Å². The number of rotatable bonds is 5. The first-order valence-electron chi connectivity index (χ1n) is 5.15. The molecular weight excluding hydrogens is 171 g/mol. The monoisotopic (exact) mass is 194 g/mol. The fourth-order valence-electron chi connectivity index (χ4n) is 1.09. The Bertz CT molecular complexity index is 110. The Balaban J connectivity index is -0.000000267. The summed E-state index contributed by atoms with van der Waals surface area (Å²) in [6.07, 6.45) is 4.58. The average Bonchev–Trinajstić information content (AvgIpc) is 2.05. The summed E-state index contributed by atoms with van der Waals surface area (Å²) in [5.41, 5.74) is 0. The molecule has 0 aliphatic carbocycles. The molecule has 0 rings (SSSR count). The van der Waals surface area contributed by atoms with Gasteiger partial charge in [-0.25, -0.2) is 0 Å². The number of carbonyl (C=O) groups is 1. The molecule has 0 aromatic rings. The predicted octanol–water partition coefficient (Wildman–Crippen LogP) is 0.522. The van der Waals surface area contributed by atoms with Crippen molar-refractivity contribution in [2.75, 3.05) is 0 Å². The van der Waals surface area contributed by atoms with Crippen LogP contribution in [0.3, 0.4) is 0 Å². The number of carboxylic acid groups (broad SMARTS) is 1. The van der Waals surface area contributed by atoms with Gasteiger partial charge in [-0.1, -0.05) is 33.6 Å². The molecule has 0 aromatic carbocycles. The SMILES string of the molecule is CCCC(CCC)C(=O)O.[CH2-]CC.[Li+]. The van der Waals surface area contributed by atoms with Gasteiger partial charge < -0.3 is 12.0 Å². The number of aliphatic carboxylic acids is 1. The van der Waals surface area contributed by atoms with Gasteiger partial charge in [-0.05, 0) is 12.8 Å². The molecule has 0 amide bonds. The summed E-state index contributed by atoms with van der Waals surface area (Å²) in [5, 5.41) is 8.64. The second-order valence-electron chi connectivity index (χ2n) is 3.11. The zero-order chi connectivity index (χ0) is 10.7. The van der Waals surface area contributed by atoms with Crippen LogP contribution in [0.5, 0.6) is 0 Å². The Morgan fingerprint density at radius 1 is 1.21 bits per heavy atom. The second kappa shape index (κ2) is 15.5. The van der Waals surface area contributed by atoms with E-state index in [2.05, 4.69) is 6.92 Å². The average molecular weight is 194 g/mol. The molecule has 0 aromatic heterocycles. The summed E-state index contributed by atoms with van der Waals surface area (Å²) in [6, 6.07) is 0. The minimum Gasteiger partial charge on any atom is -0.481 e. The number of hydrogen-bond donors (Lipinski definition) is 1. The first-order chi connectivity index (χ1) is 6.13. The fourth-order valence-corrected chi connectivity index (χ4v) is 1.09. The maximum atomic E-state index is 10.5. The molecule has 0 aliphatic heterocycles. The molecule has 0 unspecified atom stereocenters. The van der Waals surface area contributed by atoms with Crippen molar-refractivity contribution in [1.82, 2.24) is 0 Å². The van der Waals surface area contributed by atoms with E-state index in [9.17, 15) is 4.79 Å². The Morgan fingerprint density at radius 3 is 1.64 bits per heavy atom. The molecule has 0 radical (unpaired) electrons. The van der Waals surface area contributed by atoms with E-state index in [1.807, 2.05) is 20.8 Å². The Hall–Kier alpha value is 0.0674. The first kappa shape index (κ1) is 19.6. The van der Waals surface area contributed by atoms with Crippen molar-refractivity contribution in [2.24, 2.45) is 5.92 Å². The summed E-state index contributed by atoms with van der Waals surface area (Å²) in [6.45, 7) is 9.54. The molecule has 0 spiro atoms. The van der Waals surface area contributed by atoms with Crippen LogP contribution in [0.15, 0.2) is 0 Å². The third-order valence-electron chi connectivity index (χ3n) is 1.62. The van der Waals surface area contributed by atoms with E-state index in [1.54, 1.807) is 0 Å². The van der Waals surface area contributed by atoms with Gasteiger partial charge in [-0.2, -0.15) is 6.42 Å². The number of carboxylic acids is 1. The molecule has 0 heterocycles. The van der Waals surface area contributed by atoms with Crippen LogP contribution in [-0.4, -0.2) is 11.1 Å². The molecule has 0 fully saturated rings. The van der Waals surface area contributed by atoms with Crippen LogP contribution in [0.2, 0.25) is 0 Å². The molecule has 14 heavy (non-hydrogen) atoms. The van der Waals surface area contributed by atoms with Gasteiger partial charge in [0.2, 0.25) is 0 Å². The van der Waals surface area contributed by atoms with Crippen molar-refractivity contribution in [3.05, 3.63) is 6.92 Å². The summed E-state index contributed by atoms with van der Waals surface area (Å²) in [5.74, 6) is -0.737. The Kier molecular flexibility index (Phi) is 21.8. The third-order valence-corrected chi connectivity index (χ3v) is 1.62. The first-order valence-corrected chi connectivity index (χ1v) is 5.15.